The van der Waals surface area contributed by atoms with E-state index in [-0.39, 0.29) is 5.25 Å². The van der Waals surface area contributed by atoms with Gasteiger partial charge < -0.3 is 5.73 Å². The van der Waals surface area contributed by atoms with Gasteiger partial charge in [-0.25, -0.2) is 9.97 Å². The van der Waals surface area contributed by atoms with Crippen molar-refractivity contribution in [1.82, 2.24) is 9.97 Å². The fourth-order valence-corrected chi connectivity index (χ4v) is 2.92. The van der Waals surface area contributed by atoms with E-state index in [9.17, 15) is 0 Å². The lowest BCUT2D eigenvalue weighted by Crippen LogP contribution is -2.08. The number of thioether (sulfide) groups is 1. The summed E-state index contributed by atoms with van der Waals surface area (Å²) >= 11 is 3.37. The minimum absolute atomic E-state index is 0.283. The van der Waals surface area contributed by atoms with Gasteiger partial charge in [-0.3, -0.25) is 0 Å². The molecular weight excluding hydrogens is 226 g/mol. The summed E-state index contributed by atoms with van der Waals surface area (Å²) in [6.45, 7) is 0.616. The van der Waals surface area contributed by atoms with Crippen LogP contribution in [0.1, 0.15) is 10.8 Å². The quantitative estimate of drug-likeness (QED) is 0.655. The van der Waals surface area contributed by atoms with E-state index in [1.54, 1.807) is 35.6 Å². The van der Waals surface area contributed by atoms with E-state index < -0.39 is 0 Å². The average Bonchev–Trinajstić information content (AvgIpc) is 2.81. The van der Waals surface area contributed by atoms with Crippen molar-refractivity contribution >= 4 is 23.1 Å². The Kier molecular flexibility index (Phi) is 3.71. The van der Waals surface area contributed by atoms with Crippen molar-refractivity contribution in [2.75, 3.05) is 6.54 Å². The van der Waals surface area contributed by atoms with Crippen molar-refractivity contribution in [3.8, 4) is 0 Å². The van der Waals surface area contributed by atoms with E-state index in [2.05, 4.69) is 26.8 Å². The Balaban J connectivity index is 2.10. The molecule has 0 bridgehead atoms. The Bertz CT molecular complexity index is 388. The molecule has 0 aliphatic rings. The molecule has 5 heteroatoms. The highest BCUT2D eigenvalue weighted by Crippen LogP contribution is 2.33. The molecule has 0 spiro atoms. The van der Waals surface area contributed by atoms with Crippen molar-refractivity contribution in [2.24, 2.45) is 5.73 Å². The minimum atomic E-state index is 0.283. The van der Waals surface area contributed by atoms with Gasteiger partial charge in [-0.2, -0.15) is 11.3 Å². The highest BCUT2D eigenvalue weighted by molar-refractivity contribution is 7.99. The van der Waals surface area contributed by atoms with Crippen molar-refractivity contribution in [2.45, 2.75) is 10.3 Å². The van der Waals surface area contributed by atoms with Gasteiger partial charge in [0.15, 0.2) is 0 Å². The predicted octanol–water partition coefficient (Wildman–Crippen LogP) is 2.33. The van der Waals surface area contributed by atoms with E-state index in [0.717, 1.165) is 5.03 Å². The molecule has 2 rings (SSSR count). The summed E-state index contributed by atoms with van der Waals surface area (Å²) in [5, 5.41) is 5.45. The molecule has 2 aromatic rings. The summed E-state index contributed by atoms with van der Waals surface area (Å²) in [6.07, 6.45) is 3.31. The van der Waals surface area contributed by atoms with Crippen LogP contribution in [0, 0.1) is 0 Å². The lowest BCUT2D eigenvalue weighted by molar-refractivity contribution is 0.935. The molecule has 2 N–H and O–H groups in total. The SMILES string of the molecule is NCC(Sc1ccncn1)c1ccsc1. The second kappa shape index (κ2) is 5.25. The highest BCUT2D eigenvalue weighted by atomic mass is 32.2. The maximum absolute atomic E-state index is 5.75. The third kappa shape index (κ3) is 2.77. The monoisotopic (exact) mass is 237 g/mol. The Morgan fingerprint density at radius 2 is 2.40 bits per heavy atom. The smallest absolute Gasteiger partial charge is 0.116 e. The molecular formula is C10H11N3S2. The second-order valence-electron chi connectivity index (χ2n) is 2.95. The highest BCUT2D eigenvalue weighted by Gasteiger charge is 2.12. The standard InChI is InChI=1S/C10H11N3S2/c11-5-9(8-2-4-14-6-8)15-10-1-3-12-7-13-10/h1-4,6-7,9H,5,11H2. The van der Waals surface area contributed by atoms with Crippen molar-refractivity contribution < 1.29 is 0 Å². The van der Waals surface area contributed by atoms with Crippen LogP contribution in [0.3, 0.4) is 0 Å². The van der Waals surface area contributed by atoms with E-state index in [1.165, 1.54) is 5.56 Å². The summed E-state index contributed by atoms with van der Waals surface area (Å²) in [6, 6.07) is 4.01. The third-order valence-electron chi connectivity index (χ3n) is 1.95. The van der Waals surface area contributed by atoms with Crippen molar-refractivity contribution in [1.29, 1.82) is 0 Å². The van der Waals surface area contributed by atoms with E-state index in [1.807, 2.05) is 6.07 Å². The van der Waals surface area contributed by atoms with E-state index >= 15 is 0 Å². The molecule has 0 aromatic carbocycles. The molecule has 1 atom stereocenters. The first-order valence-electron chi connectivity index (χ1n) is 4.55. The number of nitrogens with zero attached hydrogens (tertiary/aromatic N) is 2. The average molecular weight is 237 g/mol. The van der Waals surface area contributed by atoms with Gasteiger partial charge in [0.25, 0.3) is 0 Å². The van der Waals surface area contributed by atoms with Crippen LogP contribution in [0.25, 0.3) is 0 Å². The number of hydrogen-bond donors (Lipinski definition) is 1. The summed E-state index contributed by atoms with van der Waals surface area (Å²) in [4.78, 5) is 8.06. The Morgan fingerprint density at radius 3 is 3.00 bits per heavy atom. The predicted molar refractivity (Wildman–Crippen MR) is 64.0 cm³/mol. The summed E-state index contributed by atoms with van der Waals surface area (Å²) in [5.41, 5.74) is 7.02. The fourth-order valence-electron chi connectivity index (χ4n) is 1.20. The van der Waals surface area contributed by atoms with Crippen LogP contribution in [0.15, 0.2) is 40.4 Å². The first-order valence-corrected chi connectivity index (χ1v) is 6.37. The van der Waals surface area contributed by atoms with Gasteiger partial charge in [0.1, 0.15) is 6.33 Å². The van der Waals surface area contributed by atoms with Gasteiger partial charge in [0.2, 0.25) is 0 Å². The lowest BCUT2D eigenvalue weighted by atomic mass is 10.2. The Labute approximate surface area is 96.8 Å². The molecule has 0 aliphatic carbocycles. The van der Waals surface area contributed by atoms with Gasteiger partial charge in [0, 0.05) is 18.0 Å². The van der Waals surface area contributed by atoms with Crippen LogP contribution in [0.4, 0.5) is 0 Å². The van der Waals surface area contributed by atoms with Crippen LogP contribution in [0.2, 0.25) is 0 Å². The van der Waals surface area contributed by atoms with Crippen molar-refractivity contribution in [3.05, 3.63) is 41.0 Å². The molecule has 3 nitrogen and oxygen atoms in total. The van der Waals surface area contributed by atoms with E-state index in [0.29, 0.717) is 6.54 Å². The molecule has 0 fully saturated rings. The summed E-state index contributed by atoms with van der Waals surface area (Å²) < 4.78 is 0. The second-order valence-corrected chi connectivity index (χ2v) is 4.95. The lowest BCUT2D eigenvalue weighted by Gasteiger charge is -2.11. The Morgan fingerprint density at radius 1 is 1.47 bits per heavy atom. The molecule has 2 aromatic heterocycles. The number of nitrogens with two attached hydrogens (primary N) is 1. The zero-order valence-electron chi connectivity index (χ0n) is 8.04. The molecule has 2 heterocycles. The number of aromatic nitrogens is 2. The van der Waals surface area contributed by atoms with E-state index in [4.69, 9.17) is 5.73 Å². The first-order chi connectivity index (χ1) is 7.40. The van der Waals surface area contributed by atoms with Gasteiger partial charge in [-0.15, -0.1) is 0 Å². The van der Waals surface area contributed by atoms with Crippen LogP contribution >= 0.6 is 23.1 Å². The molecule has 1 unspecified atom stereocenters. The molecule has 0 saturated heterocycles. The van der Waals surface area contributed by atoms with Crippen LogP contribution in [-0.4, -0.2) is 16.5 Å². The largest absolute Gasteiger partial charge is 0.329 e. The summed E-state index contributed by atoms with van der Waals surface area (Å²) in [5.74, 6) is 0. The molecule has 0 saturated carbocycles. The third-order valence-corrected chi connectivity index (χ3v) is 3.88. The van der Waals surface area contributed by atoms with Crippen molar-refractivity contribution in [3.63, 3.8) is 0 Å². The molecule has 78 valence electrons. The first kappa shape index (κ1) is 10.6. The maximum atomic E-state index is 5.75. The molecule has 0 aliphatic heterocycles. The van der Waals surface area contributed by atoms with Gasteiger partial charge >= 0.3 is 0 Å². The normalized spacial score (nSPS) is 12.6. The summed E-state index contributed by atoms with van der Waals surface area (Å²) in [7, 11) is 0. The van der Waals surface area contributed by atoms with Gasteiger partial charge in [-0.1, -0.05) is 11.8 Å². The Hall–Kier alpha value is -0.910. The van der Waals surface area contributed by atoms with Crippen LogP contribution in [0.5, 0.6) is 0 Å². The zero-order chi connectivity index (χ0) is 10.5. The molecule has 15 heavy (non-hydrogen) atoms. The topological polar surface area (TPSA) is 51.8 Å². The maximum Gasteiger partial charge on any atom is 0.116 e. The van der Waals surface area contributed by atoms with Crippen LogP contribution in [-0.2, 0) is 0 Å². The van der Waals surface area contributed by atoms with Gasteiger partial charge in [0.05, 0.1) is 5.03 Å². The van der Waals surface area contributed by atoms with Gasteiger partial charge in [-0.05, 0) is 28.5 Å². The molecule has 0 radical (unpaired) electrons. The number of hydrogen-bond acceptors (Lipinski definition) is 5. The zero-order valence-corrected chi connectivity index (χ0v) is 9.67. The van der Waals surface area contributed by atoms with Crippen LogP contribution < -0.4 is 5.73 Å². The minimum Gasteiger partial charge on any atom is -0.329 e. The number of rotatable bonds is 4. The fraction of sp³-hybridized carbons (Fsp3) is 0.200. The number of thiophene rings is 1. The molecule has 0 amide bonds.